The van der Waals surface area contributed by atoms with Crippen LogP contribution >= 0.6 is 11.3 Å². The molecule has 11 nitrogen and oxygen atoms in total. The van der Waals surface area contributed by atoms with Gasteiger partial charge in [0.05, 0.1) is 10.9 Å². The Morgan fingerprint density at radius 1 is 1.48 bits per heavy atom. The van der Waals surface area contributed by atoms with Gasteiger partial charge < -0.3 is 5.32 Å². The standard InChI is InChI=1S/C12H12N8O3S2/c1-19-5-8(11-9(2-3-24-11)25(19,22)23)14-12(21)7-4-10(16-15-7)20-6-13-17-18-20/h2-4,6,8H,5H2,1H3,(H,14,21)(H,15,16). The van der Waals surface area contributed by atoms with Crippen molar-refractivity contribution in [2.75, 3.05) is 13.6 Å². The van der Waals surface area contributed by atoms with Gasteiger partial charge in [-0.15, -0.1) is 16.4 Å². The average molecular weight is 380 g/mol. The first-order valence-electron chi connectivity index (χ1n) is 7.10. The van der Waals surface area contributed by atoms with Crippen LogP contribution in [-0.4, -0.2) is 62.6 Å². The molecule has 130 valence electrons. The van der Waals surface area contributed by atoms with Crippen molar-refractivity contribution in [1.29, 1.82) is 0 Å². The van der Waals surface area contributed by atoms with Crippen molar-refractivity contribution < 1.29 is 13.2 Å². The largest absolute Gasteiger partial charge is 0.342 e. The van der Waals surface area contributed by atoms with Gasteiger partial charge in [0.25, 0.3) is 5.91 Å². The fourth-order valence-corrected chi connectivity index (χ4v) is 5.24. The Hall–Kier alpha value is -2.64. The third kappa shape index (κ3) is 2.61. The number of hydrogen-bond donors (Lipinski definition) is 2. The van der Waals surface area contributed by atoms with Gasteiger partial charge in [0.15, 0.2) is 5.82 Å². The molecule has 3 aromatic rings. The number of nitrogens with one attached hydrogen (secondary N) is 2. The predicted octanol–water partition coefficient (Wildman–Crippen LogP) is -0.448. The maximum Gasteiger partial charge on any atom is 0.269 e. The van der Waals surface area contributed by atoms with E-state index in [1.165, 1.54) is 39.8 Å². The zero-order chi connectivity index (χ0) is 17.6. The molecule has 1 aliphatic heterocycles. The summed E-state index contributed by atoms with van der Waals surface area (Å²) < 4.78 is 27.1. The summed E-state index contributed by atoms with van der Waals surface area (Å²) in [6.07, 6.45) is 1.36. The predicted molar refractivity (Wildman–Crippen MR) is 85.6 cm³/mol. The van der Waals surface area contributed by atoms with E-state index in [-0.39, 0.29) is 17.1 Å². The number of hydrogen-bond acceptors (Lipinski definition) is 8. The van der Waals surface area contributed by atoms with Crippen LogP contribution in [0.4, 0.5) is 0 Å². The molecule has 3 aromatic heterocycles. The smallest absolute Gasteiger partial charge is 0.269 e. The molecule has 0 saturated heterocycles. The summed E-state index contributed by atoms with van der Waals surface area (Å²) in [6, 6.07) is 2.62. The van der Waals surface area contributed by atoms with Crippen LogP contribution in [0.1, 0.15) is 21.4 Å². The van der Waals surface area contributed by atoms with E-state index in [0.29, 0.717) is 10.7 Å². The maximum absolute atomic E-state index is 12.5. The fourth-order valence-electron chi connectivity index (χ4n) is 2.54. The van der Waals surface area contributed by atoms with Crippen molar-refractivity contribution in [3.63, 3.8) is 0 Å². The molecular weight excluding hydrogens is 368 g/mol. The molecule has 1 unspecified atom stereocenters. The molecule has 0 aromatic carbocycles. The van der Waals surface area contributed by atoms with Crippen molar-refractivity contribution in [2.45, 2.75) is 10.9 Å². The highest BCUT2D eigenvalue weighted by Crippen LogP contribution is 2.35. The summed E-state index contributed by atoms with van der Waals surface area (Å²) in [5.41, 5.74) is 0.222. The number of fused-ring (bicyclic) bond motifs is 1. The van der Waals surface area contributed by atoms with E-state index in [0.717, 1.165) is 0 Å². The van der Waals surface area contributed by atoms with Crippen molar-refractivity contribution in [1.82, 2.24) is 40.0 Å². The van der Waals surface area contributed by atoms with E-state index in [2.05, 4.69) is 31.0 Å². The van der Waals surface area contributed by atoms with E-state index in [1.54, 1.807) is 11.4 Å². The number of aromatic amines is 1. The molecule has 2 N–H and O–H groups in total. The van der Waals surface area contributed by atoms with Gasteiger partial charge in [-0.1, -0.05) is 0 Å². The van der Waals surface area contributed by atoms with Crippen molar-refractivity contribution >= 4 is 27.3 Å². The lowest BCUT2D eigenvalue weighted by atomic mass is 10.2. The van der Waals surface area contributed by atoms with Crippen LogP contribution in [0.3, 0.4) is 0 Å². The van der Waals surface area contributed by atoms with Crippen LogP contribution in [0.25, 0.3) is 5.82 Å². The van der Waals surface area contributed by atoms with Crippen LogP contribution < -0.4 is 5.32 Å². The van der Waals surface area contributed by atoms with Crippen molar-refractivity contribution in [3.8, 4) is 5.82 Å². The van der Waals surface area contributed by atoms with Crippen LogP contribution in [0, 0.1) is 0 Å². The van der Waals surface area contributed by atoms with Gasteiger partial charge in [0, 0.05) is 24.5 Å². The lowest BCUT2D eigenvalue weighted by Crippen LogP contribution is -2.42. The zero-order valence-electron chi connectivity index (χ0n) is 12.8. The van der Waals surface area contributed by atoms with Crippen LogP contribution in [0.5, 0.6) is 0 Å². The molecule has 1 amide bonds. The van der Waals surface area contributed by atoms with Gasteiger partial charge in [-0.05, 0) is 21.9 Å². The molecule has 13 heteroatoms. The number of likely N-dealkylation sites (N-methyl/N-ethyl adjacent to an activating group) is 1. The minimum atomic E-state index is -3.49. The van der Waals surface area contributed by atoms with Crippen molar-refractivity contribution in [2.24, 2.45) is 0 Å². The summed E-state index contributed by atoms with van der Waals surface area (Å²) in [5, 5.41) is 21.8. The SMILES string of the molecule is CN1CC(NC(=O)c2cc(-n3cnnn3)n[nH]2)c2sccc2S1(=O)=O. The summed E-state index contributed by atoms with van der Waals surface area (Å²) >= 11 is 1.30. The van der Waals surface area contributed by atoms with Crippen LogP contribution in [0.2, 0.25) is 0 Å². The van der Waals surface area contributed by atoms with E-state index < -0.39 is 22.0 Å². The molecule has 4 rings (SSSR count). The number of amides is 1. The molecule has 0 radical (unpaired) electrons. The Morgan fingerprint density at radius 2 is 2.32 bits per heavy atom. The maximum atomic E-state index is 12.5. The molecule has 0 saturated carbocycles. The molecule has 1 atom stereocenters. The number of aromatic nitrogens is 6. The number of sulfonamides is 1. The highest BCUT2D eigenvalue weighted by atomic mass is 32.2. The lowest BCUT2D eigenvalue weighted by molar-refractivity contribution is 0.0926. The van der Waals surface area contributed by atoms with Gasteiger partial charge in [-0.25, -0.2) is 8.42 Å². The molecule has 1 aliphatic rings. The molecule has 4 heterocycles. The molecule has 0 aliphatic carbocycles. The number of tetrazole rings is 1. The number of H-pyrrole nitrogens is 1. The lowest BCUT2D eigenvalue weighted by Gasteiger charge is -2.29. The first-order valence-corrected chi connectivity index (χ1v) is 9.42. The minimum absolute atomic E-state index is 0.162. The van der Waals surface area contributed by atoms with Gasteiger partial charge in [0.2, 0.25) is 10.0 Å². The van der Waals surface area contributed by atoms with E-state index >= 15 is 0 Å². The first kappa shape index (κ1) is 15.9. The second kappa shape index (κ2) is 5.72. The Kier molecular flexibility index (Phi) is 3.63. The van der Waals surface area contributed by atoms with Gasteiger partial charge in [0.1, 0.15) is 12.0 Å². The Labute approximate surface area is 145 Å². The number of nitrogens with zero attached hydrogens (tertiary/aromatic N) is 6. The molecule has 25 heavy (non-hydrogen) atoms. The highest BCUT2D eigenvalue weighted by molar-refractivity contribution is 7.89. The van der Waals surface area contributed by atoms with Crippen molar-refractivity contribution in [3.05, 3.63) is 34.4 Å². The topological polar surface area (TPSA) is 139 Å². The summed E-state index contributed by atoms with van der Waals surface area (Å²) in [5.74, 6) is -0.0285. The van der Waals surface area contributed by atoms with Crippen LogP contribution in [-0.2, 0) is 10.0 Å². The number of rotatable bonds is 3. The second-order valence-electron chi connectivity index (χ2n) is 5.35. The third-order valence-electron chi connectivity index (χ3n) is 3.80. The van der Waals surface area contributed by atoms with E-state index in [9.17, 15) is 13.2 Å². The normalized spacial score (nSPS) is 19.5. The van der Waals surface area contributed by atoms with Gasteiger partial charge >= 0.3 is 0 Å². The Balaban J connectivity index is 1.58. The summed E-state index contributed by atoms with van der Waals surface area (Å²) in [4.78, 5) is 13.3. The Morgan fingerprint density at radius 3 is 3.08 bits per heavy atom. The van der Waals surface area contributed by atoms with Crippen LogP contribution in [0.15, 0.2) is 28.7 Å². The average Bonchev–Trinajstić information content (AvgIpc) is 3.32. The van der Waals surface area contributed by atoms with Gasteiger partial charge in [-0.3, -0.25) is 9.89 Å². The fraction of sp³-hybridized carbons (Fsp3) is 0.250. The highest BCUT2D eigenvalue weighted by Gasteiger charge is 2.36. The van der Waals surface area contributed by atoms with E-state index in [4.69, 9.17) is 0 Å². The molecular formula is C12H12N8O3S2. The number of thiophene rings is 1. The van der Waals surface area contributed by atoms with E-state index in [1.807, 2.05) is 0 Å². The first-order chi connectivity index (χ1) is 12.0. The zero-order valence-corrected chi connectivity index (χ0v) is 14.5. The van der Waals surface area contributed by atoms with Gasteiger partial charge in [-0.2, -0.15) is 14.1 Å². The second-order valence-corrected chi connectivity index (χ2v) is 8.32. The number of carbonyl (C=O) groups excluding carboxylic acids is 1. The quantitative estimate of drug-likeness (QED) is 0.627. The minimum Gasteiger partial charge on any atom is -0.342 e. The third-order valence-corrected chi connectivity index (χ3v) is 6.84. The summed E-state index contributed by atoms with van der Waals surface area (Å²) in [7, 11) is -2.00. The number of carbonyl (C=O) groups is 1. The summed E-state index contributed by atoms with van der Waals surface area (Å²) in [6.45, 7) is 0.162. The molecule has 0 fully saturated rings. The molecule has 0 bridgehead atoms. The monoisotopic (exact) mass is 380 g/mol. The Bertz CT molecular complexity index is 1020. The molecule has 0 spiro atoms.